The second-order valence-corrected chi connectivity index (χ2v) is 5.67. The summed E-state index contributed by atoms with van der Waals surface area (Å²) in [6.45, 7) is 3.00. The first-order chi connectivity index (χ1) is 10.2. The number of nitrogens with one attached hydrogen (secondary N) is 1. The highest BCUT2D eigenvalue weighted by Crippen LogP contribution is 2.25. The molecule has 0 fully saturated rings. The first-order valence-corrected chi connectivity index (χ1v) is 7.63. The quantitative estimate of drug-likeness (QED) is 0.798. The maximum absolute atomic E-state index is 11.7. The van der Waals surface area contributed by atoms with E-state index < -0.39 is 0 Å². The predicted octanol–water partition coefficient (Wildman–Crippen LogP) is 2.38. The van der Waals surface area contributed by atoms with Gasteiger partial charge in [-0.1, -0.05) is 11.6 Å². The fourth-order valence-corrected chi connectivity index (χ4v) is 2.92. The van der Waals surface area contributed by atoms with Crippen molar-refractivity contribution in [1.29, 1.82) is 0 Å². The van der Waals surface area contributed by atoms with Gasteiger partial charge < -0.3 is 5.32 Å². The third-order valence-electron chi connectivity index (χ3n) is 2.85. The molecule has 3 heterocycles. The Morgan fingerprint density at radius 3 is 3.10 bits per heavy atom. The molecule has 6 nitrogen and oxygen atoms in total. The minimum atomic E-state index is -0.376. The van der Waals surface area contributed by atoms with E-state index in [-0.39, 0.29) is 12.2 Å². The molecule has 0 aromatic carbocycles. The van der Waals surface area contributed by atoms with Gasteiger partial charge in [-0.05, 0) is 18.4 Å². The van der Waals surface area contributed by atoms with E-state index in [1.807, 2.05) is 18.4 Å². The van der Waals surface area contributed by atoms with E-state index in [2.05, 4.69) is 20.3 Å². The summed E-state index contributed by atoms with van der Waals surface area (Å²) in [5.74, 6) is 1.33. The van der Waals surface area contributed by atoms with Crippen LogP contribution < -0.4 is 11.0 Å². The Morgan fingerprint density at radius 2 is 2.29 bits per heavy atom. The van der Waals surface area contributed by atoms with Gasteiger partial charge in [-0.3, -0.25) is 4.57 Å². The molecule has 0 saturated heterocycles. The number of nitrogens with zero attached hydrogens (tertiary/aromatic N) is 4. The van der Waals surface area contributed by atoms with Crippen LogP contribution in [0.15, 0.2) is 28.6 Å². The van der Waals surface area contributed by atoms with Gasteiger partial charge in [0.25, 0.3) is 0 Å². The Kier molecular flexibility index (Phi) is 3.85. The number of anilines is 1. The second-order valence-electron chi connectivity index (χ2n) is 4.34. The molecule has 0 amide bonds. The first-order valence-electron chi connectivity index (χ1n) is 6.37. The standard InChI is InChI=1S/C13H12ClN5OS/c1-2-15-11-9-3-4-21-12(9)18-10(17-11)7-19-6-8(14)5-16-13(19)20/h3-6H,2,7H2,1H3,(H,15,17,18). The lowest BCUT2D eigenvalue weighted by Gasteiger charge is -2.08. The van der Waals surface area contributed by atoms with Crippen LogP contribution in [0.2, 0.25) is 5.02 Å². The molecule has 1 N–H and O–H groups in total. The van der Waals surface area contributed by atoms with Gasteiger partial charge in [0.2, 0.25) is 0 Å². The van der Waals surface area contributed by atoms with Gasteiger partial charge in [-0.2, -0.15) is 0 Å². The van der Waals surface area contributed by atoms with E-state index in [0.717, 1.165) is 22.6 Å². The van der Waals surface area contributed by atoms with Crippen LogP contribution in [0, 0.1) is 0 Å². The summed E-state index contributed by atoms with van der Waals surface area (Å²) in [5.41, 5.74) is -0.376. The first kappa shape index (κ1) is 14.0. The molecular formula is C13H12ClN5OS. The number of hydrogen-bond acceptors (Lipinski definition) is 6. The fraction of sp³-hybridized carbons (Fsp3) is 0.231. The lowest BCUT2D eigenvalue weighted by atomic mass is 10.3. The molecule has 0 spiro atoms. The third-order valence-corrected chi connectivity index (χ3v) is 3.85. The molecule has 0 saturated carbocycles. The van der Waals surface area contributed by atoms with E-state index >= 15 is 0 Å². The van der Waals surface area contributed by atoms with Crippen molar-refractivity contribution in [3.63, 3.8) is 0 Å². The van der Waals surface area contributed by atoms with E-state index in [1.54, 1.807) is 0 Å². The molecule has 0 aliphatic carbocycles. The molecule has 0 bridgehead atoms. The Balaban J connectivity index is 2.04. The van der Waals surface area contributed by atoms with Crippen LogP contribution in [0.1, 0.15) is 12.7 Å². The summed E-state index contributed by atoms with van der Waals surface area (Å²) >= 11 is 7.41. The minimum absolute atomic E-state index is 0.235. The van der Waals surface area contributed by atoms with Crippen LogP contribution >= 0.6 is 22.9 Å². The fourth-order valence-electron chi connectivity index (χ4n) is 1.97. The van der Waals surface area contributed by atoms with Gasteiger partial charge in [0.15, 0.2) is 5.82 Å². The Hall–Kier alpha value is -1.99. The molecule has 3 aromatic heterocycles. The Morgan fingerprint density at radius 1 is 1.43 bits per heavy atom. The van der Waals surface area contributed by atoms with Crippen molar-refractivity contribution in [3.8, 4) is 0 Å². The van der Waals surface area contributed by atoms with Crippen LogP contribution in [0.5, 0.6) is 0 Å². The molecule has 3 aromatic rings. The largest absolute Gasteiger partial charge is 0.370 e. The van der Waals surface area contributed by atoms with E-state index in [0.29, 0.717) is 10.8 Å². The topological polar surface area (TPSA) is 72.7 Å². The van der Waals surface area contributed by atoms with Crippen molar-refractivity contribution in [1.82, 2.24) is 19.5 Å². The molecule has 0 aliphatic heterocycles. The maximum Gasteiger partial charge on any atom is 0.348 e. The van der Waals surface area contributed by atoms with Gasteiger partial charge in [0, 0.05) is 12.7 Å². The zero-order chi connectivity index (χ0) is 14.8. The Bertz CT molecular complexity index is 844. The highest BCUT2D eigenvalue weighted by molar-refractivity contribution is 7.16. The highest BCUT2D eigenvalue weighted by Gasteiger charge is 2.10. The van der Waals surface area contributed by atoms with Crippen LogP contribution in [0.4, 0.5) is 5.82 Å². The molecule has 0 unspecified atom stereocenters. The smallest absolute Gasteiger partial charge is 0.348 e. The second kappa shape index (κ2) is 5.79. The lowest BCUT2D eigenvalue weighted by Crippen LogP contribution is -2.23. The number of fused-ring (bicyclic) bond motifs is 1. The summed E-state index contributed by atoms with van der Waals surface area (Å²) in [7, 11) is 0. The number of thiophene rings is 1. The van der Waals surface area contributed by atoms with E-state index in [1.165, 1.54) is 28.3 Å². The minimum Gasteiger partial charge on any atom is -0.370 e. The Labute approximate surface area is 129 Å². The molecule has 0 radical (unpaired) electrons. The maximum atomic E-state index is 11.7. The number of aromatic nitrogens is 4. The summed E-state index contributed by atoms with van der Waals surface area (Å²) in [4.78, 5) is 25.3. The summed E-state index contributed by atoms with van der Waals surface area (Å²) < 4.78 is 1.40. The highest BCUT2D eigenvalue weighted by atomic mass is 35.5. The van der Waals surface area contributed by atoms with Crippen LogP contribution in [0.25, 0.3) is 10.2 Å². The normalized spacial score (nSPS) is 11.0. The van der Waals surface area contributed by atoms with Gasteiger partial charge in [0.05, 0.1) is 23.2 Å². The average Bonchev–Trinajstić information content (AvgIpc) is 2.92. The number of rotatable bonds is 4. The zero-order valence-corrected chi connectivity index (χ0v) is 12.8. The van der Waals surface area contributed by atoms with Gasteiger partial charge in [-0.15, -0.1) is 11.3 Å². The van der Waals surface area contributed by atoms with Gasteiger partial charge in [0.1, 0.15) is 10.6 Å². The van der Waals surface area contributed by atoms with Gasteiger partial charge >= 0.3 is 5.69 Å². The van der Waals surface area contributed by atoms with E-state index in [9.17, 15) is 4.79 Å². The van der Waals surface area contributed by atoms with Crippen LogP contribution in [-0.2, 0) is 6.54 Å². The number of halogens is 1. The molecule has 3 rings (SSSR count). The van der Waals surface area contributed by atoms with Crippen molar-refractivity contribution >= 4 is 39.0 Å². The average molecular weight is 322 g/mol. The van der Waals surface area contributed by atoms with Crippen molar-refractivity contribution in [2.24, 2.45) is 0 Å². The van der Waals surface area contributed by atoms with Crippen molar-refractivity contribution in [3.05, 3.63) is 45.2 Å². The molecular weight excluding hydrogens is 310 g/mol. The van der Waals surface area contributed by atoms with Crippen LogP contribution in [-0.4, -0.2) is 26.1 Å². The van der Waals surface area contributed by atoms with Crippen molar-refractivity contribution in [2.75, 3.05) is 11.9 Å². The molecule has 0 aliphatic rings. The molecule has 21 heavy (non-hydrogen) atoms. The monoisotopic (exact) mass is 321 g/mol. The van der Waals surface area contributed by atoms with E-state index in [4.69, 9.17) is 11.6 Å². The number of hydrogen-bond donors (Lipinski definition) is 1. The summed E-state index contributed by atoms with van der Waals surface area (Å²) in [6.07, 6.45) is 2.86. The summed E-state index contributed by atoms with van der Waals surface area (Å²) in [6, 6.07) is 1.98. The van der Waals surface area contributed by atoms with Gasteiger partial charge in [-0.25, -0.2) is 19.7 Å². The molecule has 0 atom stereocenters. The molecule has 8 heteroatoms. The zero-order valence-electron chi connectivity index (χ0n) is 11.2. The lowest BCUT2D eigenvalue weighted by molar-refractivity contribution is 0.695. The predicted molar refractivity (Wildman–Crippen MR) is 84.2 cm³/mol. The third kappa shape index (κ3) is 2.88. The SMILES string of the molecule is CCNc1nc(Cn2cc(Cl)cnc2=O)nc2sccc12. The summed E-state index contributed by atoms with van der Waals surface area (Å²) in [5, 5.41) is 6.57. The van der Waals surface area contributed by atoms with Crippen molar-refractivity contribution in [2.45, 2.75) is 13.5 Å². The van der Waals surface area contributed by atoms with Crippen molar-refractivity contribution < 1.29 is 0 Å². The molecule has 108 valence electrons. The van der Waals surface area contributed by atoms with Crippen LogP contribution in [0.3, 0.4) is 0 Å².